The molecule has 0 amide bonds. The van der Waals surface area contributed by atoms with Gasteiger partial charge in [-0.1, -0.05) is 0 Å². The van der Waals surface area contributed by atoms with E-state index in [2.05, 4.69) is 30.1 Å². The molecule has 1 N–H and O–H groups in total. The van der Waals surface area contributed by atoms with E-state index in [0.717, 1.165) is 31.6 Å². The average molecular weight is 229 g/mol. The van der Waals surface area contributed by atoms with E-state index in [-0.39, 0.29) is 5.54 Å². The average Bonchev–Trinajstić information content (AvgIpc) is 2.50. The van der Waals surface area contributed by atoms with Gasteiger partial charge in [-0.3, -0.25) is 0 Å². The molecule has 0 unspecified atom stereocenters. The van der Waals surface area contributed by atoms with E-state index in [1.54, 1.807) is 0 Å². The van der Waals surface area contributed by atoms with Crippen LogP contribution in [0.2, 0.25) is 0 Å². The van der Waals surface area contributed by atoms with Crippen molar-refractivity contribution in [3.8, 4) is 6.07 Å². The monoisotopic (exact) mass is 229 g/mol. The third kappa shape index (κ3) is 2.98. The second-order valence-corrected chi connectivity index (χ2v) is 5.21. The highest BCUT2D eigenvalue weighted by Crippen LogP contribution is 2.19. The van der Waals surface area contributed by atoms with E-state index in [0.29, 0.717) is 0 Å². The third-order valence-electron chi connectivity index (χ3n) is 3.35. The zero-order valence-corrected chi connectivity index (χ0v) is 10.5. The summed E-state index contributed by atoms with van der Waals surface area (Å²) in [5.74, 6) is 0. The van der Waals surface area contributed by atoms with E-state index in [4.69, 9.17) is 5.26 Å². The van der Waals surface area contributed by atoms with Crippen molar-refractivity contribution in [2.75, 3.05) is 24.5 Å². The van der Waals surface area contributed by atoms with Gasteiger partial charge in [-0.2, -0.15) is 5.26 Å². The maximum Gasteiger partial charge on any atom is 0.0991 e. The van der Waals surface area contributed by atoms with Crippen LogP contribution in [0.1, 0.15) is 25.8 Å². The van der Waals surface area contributed by atoms with Crippen LogP contribution in [0.5, 0.6) is 0 Å². The fourth-order valence-corrected chi connectivity index (χ4v) is 2.15. The SMILES string of the molecule is CC1(C)CCN(c2ccc(C#N)cc2)CCN1. The summed E-state index contributed by atoms with van der Waals surface area (Å²) in [6.45, 7) is 7.58. The van der Waals surface area contributed by atoms with Gasteiger partial charge in [0.2, 0.25) is 0 Å². The van der Waals surface area contributed by atoms with Crippen LogP contribution in [-0.4, -0.2) is 25.2 Å². The molecule has 0 spiro atoms. The molecule has 0 aromatic heterocycles. The third-order valence-corrected chi connectivity index (χ3v) is 3.35. The highest BCUT2D eigenvalue weighted by molar-refractivity contribution is 5.49. The topological polar surface area (TPSA) is 39.1 Å². The van der Waals surface area contributed by atoms with Gasteiger partial charge < -0.3 is 10.2 Å². The van der Waals surface area contributed by atoms with Gasteiger partial charge >= 0.3 is 0 Å². The molecule has 1 fully saturated rings. The molecule has 1 aliphatic heterocycles. The molecular weight excluding hydrogens is 210 g/mol. The van der Waals surface area contributed by atoms with Crippen LogP contribution >= 0.6 is 0 Å². The Morgan fingerprint density at radius 1 is 1.24 bits per heavy atom. The summed E-state index contributed by atoms with van der Waals surface area (Å²) in [6, 6.07) is 10.0. The molecule has 1 aromatic rings. The van der Waals surface area contributed by atoms with Crippen molar-refractivity contribution in [3.63, 3.8) is 0 Å². The number of anilines is 1. The molecular formula is C14H19N3. The van der Waals surface area contributed by atoms with Crippen molar-refractivity contribution in [1.82, 2.24) is 5.32 Å². The number of nitriles is 1. The van der Waals surface area contributed by atoms with Gasteiger partial charge in [0.25, 0.3) is 0 Å². The summed E-state index contributed by atoms with van der Waals surface area (Å²) >= 11 is 0. The molecule has 3 nitrogen and oxygen atoms in total. The molecule has 90 valence electrons. The van der Waals surface area contributed by atoms with Gasteiger partial charge in [0.1, 0.15) is 0 Å². The minimum atomic E-state index is 0.224. The number of nitrogens with zero attached hydrogens (tertiary/aromatic N) is 2. The summed E-state index contributed by atoms with van der Waals surface area (Å²) in [5.41, 5.74) is 2.16. The van der Waals surface area contributed by atoms with Crippen LogP contribution in [-0.2, 0) is 0 Å². The molecule has 17 heavy (non-hydrogen) atoms. The minimum Gasteiger partial charge on any atom is -0.370 e. The van der Waals surface area contributed by atoms with Crippen molar-refractivity contribution in [3.05, 3.63) is 29.8 Å². The second-order valence-electron chi connectivity index (χ2n) is 5.21. The van der Waals surface area contributed by atoms with Crippen molar-refractivity contribution < 1.29 is 0 Å². The lowest BCUT2D eigenvalue weighted by Gasteiger charge is -2.24. The van der Waals surface area contributed by atoms with Crippen molar-refractivity contribution in [2.45, 2.75) is 25.8 Å². The zero-order valence-electron chi connectivity index (χ0n) is 10.5. The normalized spacial score (nSPS) is 19.5. The first kappa shape index (κ1) is 11.9. The van der Waals surface area contributed by atoms with Gasteiger partial charge in [0.15, 0.2) is 0 Å². The predicted molar refractivity (Wildman–Crippen MR) is 70.1 cm³/mol. The zero-order chi connectivity index (χ0) is 12.3. The first-order chi connectivity index (χ1) is 8.11. The molecule has 0 atom stereocenters. The number of rotatable bonds is 1. The summed E-state index contributed by atoms with van der Waals surface area (Å²) in [4.78, 5) is 2.38. The lowest BCUT2D eigenvalue weighted by atomic mass is 10.0. The number of hydrogen-bond donors (Lipinski definition) is 1. The standard InChI is InChI=1S/C14H19N3/c1-14(2)7-9-17(10-8-16-14)13-5-3-12(11-15)4-6-13/h3-6,16H,7-10H2,1-2H3. The van der Waals surface area contributed by atoms with Crippen LogP contribution in [0.3, 0.4) is 0 Å². The summed E-state index contributed by atoms with van der Waals surface area (Å²) in [7, 11) is 0. The van der Waals surface area contributed by atoms with Crippen molar-refractivity contribution in [1.29, 1.82) is 5.26 Å². The van der Waals surface area contributed by atoms with E-state index in [1.165, 1.54) is 5.69 Å². The van der Waals surface area contributed by atoms with Crippen LogP contribution < -0.4 is 10.2 Å². The predicted octanol–water partition coefficient (Wildman–Crippen LogP) is 2.14. The molecule has 3 heteroatoms. The Balaban J connectivity index is 2.09. The Morgan fingerprint density at radius 2 is 1.94 bits per heavy atom. The quantitative estimate of drug-likeness (QED) is 0.802. The molecule has 2 rings (SSSR count). The lowest BCUT2D eigenvalue weighted by Crippen LogP contribution is -2.39. The smallest absolute Gasteiger partial charge is 0.0991 e. The number of hydrogen-bond acceptors (Lipinski definition) is 3. The Kier molecular flexibility index (Phi) is 3.35. The maximum absolute atomic E-state index is 8.78. The van der Waals surface area contributed by atoms with Gasteiger partial charge in [0, 0.05) is 30.9 Å². The number of benzene rings is 1. The molecule has 0 aliphatic carbocycles. The van der Waals surface area contributed by atoms with E-state index >= 15 is 0 Å². The Bertz CT molecular complexity index is 414. The van der Waals surface area contributed by atoms with Crippen molar-refractivity contribution >= 4 is 5.69 Å². The van der Waals surface area contributed by atoms with Crippen LogP contribution in [0, 0.1) is 11.3 Å². The molecule has 0 bridgehead atoms. The molecule has 1 aromatic carbocycles. The van der Waals surface area contributed by atoms with E-state index < -0.39 is 0 Å². The van der Waals surface area contributed by atoms with Crippen LogP contribution in [0.25, 0.3) is 0 Å². The van der Waals surface area contributed by atoms with Crippen LogP contribution in [0.4, 0.5) is 5.69 Å². The van der Waals surface area contributed by atoms with Crippen LogP contribution in [0.15, 0.2) is 24.3 Å². The molecule has 0 saturated carbocycles. The summed E-state index contributed by atoms with van der Waals surface area (Å²) < 4.78 is 0. The second kappa shape index (κ2) is 4.77. The fourth-order valence-electron chi connectivity index (χ4n) is 2.15. The number of nitrogens with one attached hydrogen (secondary N) is 1. The van der Waals surface area contributed by atoms with E-state index in [9.17, 15) is 0 Å². The molecule has 1 aliphatic rings. The molecule has 1 saturated heterocycles. The highest BCUT2D eigenvalue weighted by Gasteiger charge is 2.22. The Labute approximate surface area is 103 Å². The lowest BCUT2D eigenvalue weighted by molar-refractivity contribution is 0.394. The first-order valence-corrected chi connectivity index (χ1v) is 6.11. The maximum atomic E-state index is 8.78. The fraction of sp³-hybridized carbons (Fsp3) is 0.500. The Morgan fingerprint density at radius 3 is 2.59 bits per heavy atom. The first-order valence-electron chi connectivity index (χ1n) is 6.11. The summed E-state index contributed by atoms with van der Waals surface area (Å²) in [6.07, 6.45) is 1.13. The molecule has 0 radical (unpaired) electrons. The van der Waals surface area contributed by atoms with Crippen molar-refractivity contribution in [2.24, 2.45) is 0 Å². The Hall–Kier alpha value is -1.53. The molecule has 1 heterocycles. The van der Waals surface area contributed by atoms with Gasteiger partial charge in [-0.05, 0) is 44.5 Å². The minimum absolute atomic E-state index is 0.224. The van der Waals surface area contributed by atoms with Gasteiger partial charge in [0.05, 0.1) is 11.6 Å². The van der Waals surface area contributed by atoms with Gasteiger partial charge in [-0.15, -0.1) is 0 Å². The largest absolute Gasteiger partial charge is 0.370 e. The van der Waals surface area contributed by atoms with E-state index in [1.807, 2.05) is 24.3 Å². The summed E-state index contributed by atoms with van der Waals surface area (Å²) in [5, 5.41) is 12.3. The highest BCUT2D eigenvalue weighted by atomic mass is 15.2. The van der Waals surface area contributed by atoms with Gasteiger partial charge in [-0.25, -0.2) is 0 Å².